The van der Waals surface area contributed by atoms with Crippen LogP contribution in [0.1, 0.15) is 19.7 Å². The molecule has 0 saturated heterocycles. The van der Waals surface area contributed by atoms with Crippen molar-refractivity contribution < 1.29 is 13.7 Å². The molecule has 0 bridgehead atoms. The lowest BCUT2D eigenvalue weighted by molar-refractivity contribution is -0.674. The number of hydrogen-bond acceptors (Lipinski definition) is 3. The molecule has 2 aromatic carbocycles. The Bertz CT molecular complexity index is 1070. The van der Waals surface area contributed by atoms with Crippen LogP contribution in [0.5, 0.6) is 5.75 Å². The molecule has 1 aliphatic heterocycles. The third kappa shape index (κ3) is 3.31. The first-order chi connectivity index (χ1) is 13.1. The zero-order chi connectivity index (χ0) is 19.0. The predicted octanol–water partition coefficient (Wildman–Crippen LogP) is 5.82. The Morgan fingerprint density at radius 1 is 1.07 bits per heavy atom. The number of fused-ring (bicyclic) bond motifs is 2. The number of aryl methyl sites for hydroxylation is 1. The molecule has 0 unspecified atom stereocenters. The second kappa shape index (κ2) is 7.29. The van der Waals surface area contributed by atoms with Crippen molar-refractivity contribution in [1.82, 2.24) is 0 Å². The minimum absolute atomic E-state index is 0.692. The minimum atomic E-state index is 0.692. The molecule has 4 rings (SSSR count). The maximum absolute atomic E-state index is 6.12. The van der Waals surface area contributed by atoms with Gasteiger partial charge in [0, 0.05) is 22.7 Å². The van der Waals surface area contributed by atoms with Crippen LogP contribution in [0.25, 0.3) is 17.2 Å². The summed E-state index contributed by atoms with van der Waals surface area (Å²) in [5.74, 6) is 2.32. The Morgan fingerprint density at radius 2 is 1.85 bits per heavy atom. The summed E-state index contributed by atoms with van der Waals surface area (Å²) in [4.78, 5) is 2.08. The monoisotopic (exact) mass is 401 g/mol. The molecule has 3 aromatic rings. The second-order valence-electron chi connectivity index (χ2n) is 6.12. The minimum Gasteiger partial charge on any atom is -0.439 e. The quantitative estimate of drug-likeness (QED) is 0.515. The van der Waals surface area contributed by atoms with E-state index in [0.717, 1.165) is 47.4 Å². The van der Waals surface area contributed by atoms with E-state index in [2.05, 4.69) is 23.3 Å². The van der Waals surface area contributed by atoms with Crippen LogP contribution in [0.3, 0.4) is 0 Å². The highest BCUT2D eigenvalue weighted by Gasteiger charge is 2.25. The van der Waals surface area contributed by atoms with E-state index in [1.54, 1.807) is 0 Å². The molecule has 2 heterocycles. The fourth-order valence-corrected chi connectivity index (χ4v) is 3.59. The molecule has 0 atom stereocenters. The van der Waals surface area contributed by atoms with E-state index >= 15 is 0 Å². The average Bonchev–Trinajstić information content (AvgIpc) is 3.18. The Morgan fingerprint density at radius 3 is 2.63 bits per heavy atom. The fourth-order valence-electron chi connectivity index (χ4n) is 3.26. The van der Waals surface area contributed by atoms with Crippen LogP contribution in [0.2, 0.25) is 10.0 Å². The third-order valence-corrected chi connectivity index (χ3v) is 4.96. The van der Waals surface area contributed by atoms with E-state index in [4.69, 9.17) is 32.4 Å². The fraction of sp³-hybridized carbons (Fsp3) is 0.190. The number of oxazole rings is 1. The van der Waals surface area contributed by atoms with Gasteiger partial charge in [0.05, 0.1) is 11.8 Å². The Kier molecular flexibility index (Phi) is 4.85. The van der Waals surface area contributed by atoms with Crippen molar-refractivity contribution in [3.8, 4) is 5.75 Å². The summed E-state index contributed by atoms with van der Waals surface area (Å²) in [5.41, 5.74) is 2.77. The van der Waals surface area contributed by atoms with Crippen LogP contribution in [-0.4, -0.2) is 6.54 Å². The smallest absolute Gasteiger partial charge is 0.374 e. The maximum atomic E-state index is 6.12. The van der Waals surface area contributed by atoms with Crippen LogP contribution >= 0.6 is 23.2 Å². The number of rotatable bonds is 4. The van der Waals surface area contributed by atoms with Crippen molar-refractivity contribution in [3.63, 3.8) is 0 Å². The Labute approximate surface area is 167 Å². The molecule has 4 nitrogen and oxygen atoms in total. The Hall–Kier alpha value is -2.43. The molecule has 0 saturated carbocycles. The number of hydrogen-bond donors (Lipinski definition) is 0. The molecule has 1 aromatic heterocycles. The zero-order valence-electron chi connectivity index (χ0n) is 15.1. The highest BCUT2D eigenvalue weighted by molar-refractivity contribution is 6.31. The molecule has 0 radical (unpaired) electrons. The summed E-state index contributed by atoms with van der Waals surface area (Å²) in [6.07, 6.45) is 5.78. The van der Waals surface area contributed by atoms with Gasteiger partial charge in [0.15, 0.2) is 5.75 Å². The average molecular weight is 402 g/mol. The van der Waals surface area contributed by atoms with Gasteiger partial charge < -0.3 is 14.1 Å². The van der Waals surface area contributed by atoms with Gasteiger partial charge in [0.2, 0.25) is 11.5 Å². The van der Waals surface area contributed by atoms with Crippen LogP contribution in [0.15, 0.2) is 58.9 Å². The van der Waals surface area contributed by atoms with E-state index in [-0.39, 0.29) is 0 Å². The van der Waals surface area contributed by atoms with Gasteiger partial charge in [-0.05, 0) is 56.3 Å². The lowest BCUT2D eigenvalue weighted by Crippen LogP contribution is -2.33. The second-order valence-corrected chi connectivity index (χ2v) is 6.99. The lowest BCUT2D eigenvalue weighted by atomic mass is 10.3. The molecule has 0 N–H and O–H groups in total. The standard InChI is InChI=1S/C21H19Cl2N2O2/c1-3-24-16-12-14(22)8-10-18(16)26-20(24)6-5-7-21-25(4-2)17-13-15(23)9-11-19(17)27-21/h5-13H,3-4H2,1-2H3/q+1. The lowest BCUT2D eigenvalue weighted by Gasteiger charge is -2.15. The van der Waals surface area contributed by atoms with Crippen molar-refractivity contribution in [2.45, 2.75) is 20.4 Å². The van der Waals surface area contributed by atoms with Gasteiger partial charge >= 0.3 is 5.89 Å². The summed E-state index contributed by atoms with van der Waals surface area (Å²) < 4.78 is 14.0. The van der Waals surface area contributed by atoms with Crippen molar-refractivity contribution in [3.05, 3.63) is 70.4 Å². The number of benzene rings is 2. The van der Waals surface area contributed by atoms with E-state index < -0.39 is 0 Å². The van der Waals surface area contributed by atoms with Gasteiger partial charge in [-0.15, -0.1) is 0 Å². The number of halogens is 2. The number of anilines is 1. The summed E-state index contributed by atoms with van der Waals surface area (Å²) >= 11 is 12.2. The van der Waals surface area contributed by atoms with E-state index in [0.29, 0.717) is 10.0 Å². The van der Waals surface area contributed by atoms with Crippen LogP contribution < -0.4 is 14.2 Å². The molecule has 0 fully saturated rings. The van der Waals surface area contributed by atoms with E-state index in [1.165, 1.54) is 0 Å². The van der Waals surface area contributed by atoms with Crippen molar-refractivity contribution in [2.24, 2.45) is 0 Å². The van der Waals surface area contributed by atoms with Gasteiger partial charge in [-0.1, -0.05) is 23.2 Å². The first-order valence-electron chi connectivity index (χ1n) is 8.86. The largest absolute Gasteiger partial charge is 0.439 e. The molecular weight excluding hydrogens is 383 g/mol. The predicted molar refractivity (Wildman–Crippen MR) is 109 cm³/mol. The van der Waals surface area contributed by atoms with Crippen LogP contribution in [-0.2, 0) is 6.54 Å². The third-order valence-electron chi connectivity index (χ3n) is 4.49. The van der Waals surface area contributed by atoms with Crippen molar-refractivity contribution in [1.29, 1.82) is 0 Å². The zero-order valence-corrected chi connectivity index (χ0v) is 16.6. The number of ether oxygens (including phenoxy) is 1. The van der Waals surface area contributed by atoms with Crippen molar-refractivity contribution in [2.75, 3.05) is 11.4 Å². The van der Waals surface area contributed by atoms with E-state index in [1.807, 2.05) is 54.6 Å². The molecule has 6 heteroatoms. The topological polar surface area (TPSA) is 29.5 Å². The Balaban J connectivity index is 1.65. The SMILES string of the molecule is CCN1C(=CC=Cc2oc3ccc(Cl)cc3[n+]2CC)Oc2ccc(Cl)cc21. The van der Waals surface area contributed by atoms with Gasteiger partial charge in [-0.25, -0.2) is 0 Å². The molecule has 0 aliphatic carbocycles. The van der Waals surface area contributed by atoms with Crippen LogP contribution in [0, 0.1) is 0 Å². The van der Waals surface area contributed by atoms with Gasteiger partial charge in [0.1, 0.15) is 6.54 Å². The normalized spacial score (nSPS) is 15.1. The van der Waals surface area contributed by atoms with Crippen molar-refractivity contribution >= 4 is 46.1 Å². The van der Waals surface area contributed by atoms with Gasteiger partial charge in [-0.3, -0.25) is 0 Å². The molecule has 0 spiro atoms. The van der Waals surface area contributed by atoms with Gasteiger partial charge in [0.25, 0.3) is 5.52 Å². The molecule has 0 amide bonds. The number of nitrogens with zero attached hydrogens (tertiary/aromatic N) is 2. The molecule has 27 heavy (non-hydrogen) atoms. The maximum Gasteiger partial charge on any atom is 0.374 e. The first kappa shape index (κ1) is 18.0. The number of aromatic nitrogens is 1. The number of allylic oxidation sites excluding steroid dienone is 2. The highest BCUT2D eigenvalue weighted by Crippen LogP contribution is 2.40. The van der Waals surface area contributed by atoms with Gasteiger partial charge in [-0.2, -0.15) is 4.57 Å². The summed E-state index contributed by atoms with van der Waals surface area (Å²) in [7, 11) is 0. The first-order valence-corrected chi connectivity index (χ1v) is 9.61. The summed E-state index contributed by atoms with van der Waals surface area (Å²) in [6.45, 7) is 5.71. The molecular formula is C21H19Cl2N2O2+. The molecule has 138 valence electrons. The summed E-state index contributed by atoms with van der Waals surface area (Å²) in [6, 6.07) is 11.3. The highest BCUT2D eigenvalue weighted by atomic mass is 35.5. The summed E-state index contributed by atoms with van der Waals surface area (Å²) in [5, 5.41) is 1.38. The van der Waals surface area contributed by atoms with Crippen LogP contribution in [0.4, 0.5) is 5.69 Å². The molecule has 1 aliphatic rings. The van der Waals surface area contributed by atoms with E-state index in [9.17, 15) is 0 Å².